The number of nitrogens with one attached hydrogen (secondary N) is 2. The molecule has 156 valence electrons. The Morgan fingerprint density at radius 2 is 1.67 bits per heavy atom. The van der Waals surface area contributed by atoms with Crippen LogP contribution in [0.1, 0.15) is 46.4 Å². The molecule has 2 aromatic rings. The van der Waals surface area contributed by atoms with Gasteiger partial charge in [-0.15, -0.1) is 0 Å². The van der Waals surface area contributed by atoms with Crippen molar-refractivity contribution in [2.75, 3.05) is 18.9 Å². The number of anilines is 1. The molecule has 2 N–H and O–H groups in total. The standard InChI is InChI=1S/C21H25N3O4S.Na.H/c1-24-9-8-15-11-19(28-18(15)12-24)29(26,27)23-21(25)22-20-16-6-2-4-13(16)10-14-5-3-7-17(14)20;;/h10-11H,2-9,12H2,1H3,(H2,22,23,25);;. The van der Waals surface area contributed by atoms with Gasteiger partial charge in [0.15, 0.2) is 0 Å². The fourth-order valence-electron chi connectivity index (χ4n) is 4.83. The van der Waals surface area contributed by atoms with Crippen LogP contribution >= 0.6 is 0 Å². The predicted molar refractivity (Wildman–Crippen MR) is 116 cm³/mol. The SMILES string of the molecule is CN1CCc2cc(S(=O)(=O)NC(=O)Nc3c4c(cc5c3CCC5)CCC4)oc2C1.[NaH]. The molecule has 0 spiro atoms. The van der Waals surface area contributed by atoms with Crippen molar-refractivity contribution >= 4 is 51.3 Å². The summed E-state index contributed by atoms with van der Waals surface area (Å²) < 4.78 is 33.1. The van der Waals surface area contributed by atoms with E-state index in [2.05, 4.69) is 21.0 Å². The zero-order valence-electron chi connectivity index (χ0n) is 16.5. The Morgan fingerprint density at radius 1 is 1.00 bits per heavy atom. The quantitative estimate of drug-likeness (QED) is 0.715. The van der Waals surface area contributed by atoms with Gasteiger partial charge >= 0.3 is 35.6 Å². The summed E-state index contributed by atoms with van der Waals surface area (Å²) in [6.07, 6.45) is 6.75. The maximum atomic E-state index is 12.7. The average Bonchev–Trinajstić information content (AvgIpc) is 3.39. The number of aryl methyl sites for hydroxylation is 2. The van der Waals surface area contributed by atoms with E-state index in [1.54, 1.807) is 0 Å². The number of hydrogen-bond donors (Lipinski definition) is 2. The van der Waals surface area contributed by atoms with Gasteiger partial charge in [0, 0.05) is 18.3 Å². The summed E-state index contributed by atoms with van der Waals surface area (Å²) >= 11 is 0. The molecule has 0 atom stereocenters. The summed E-state index contributed by atoms with van der Waals surface area (Å²) in [4.78, 5) is 14.7. The van der Waals surface area contributed by atoms with Gasteiger partial charge in [-0.2, -0.15) is 8.42 Å². The topological polar surface area (TPSA) is 91.7 Å². The second-order valence-corrected chi connectivity index (χ2v) is 9.91. The van der Waals surface area contributed by atoms with E-state index >= 15 is 0 Å². The van der Waals surface area contributed by atoms with E-state index < -0.39 is 16.1 Å². The van der Waals surface area contributed by atoms with Gasteiger partial charge in [-0.3, -0.25) is 4.90 Å². The van der Waals surface area contributed by atoms with Crippen LogP contribution in [0.5, 0.6) is 0 Å². The number of sulfonamides is 1. The van der Waals surface area contributed by atoms with Crippen LogP contribution in [0.3, 0.4) is 0 Å². The van der Waals surface area contributed by atoms with E-state index in [0.717, 1.165) is 73.9 Å². The minimum absolute atomic E-state index is 0. The Balaban J connectivity index is 0.00000218. The third-order valence-electron chi connectivity index (χ3n) is 6.25. The van der Waals surface area contributed by atoms with Crippen molar-refractivity contribution in [2.45, 2.75) is 56.6 Å². The molecule has 1 aliphatic heterocycles. The van der Waals surface area contributed by atoms with Gasteiger partial charge in [-0.1, -0.05) is 6.07 Å². The summed E-state index contributed by atoms with van der Waals surface area (Å²) in [5.41, 5.74) is 6.60. The summed E-state index contributed by atoms with van der Waals surface area (Å²) in [5.74, 6) is 0.651. The number of carbonyl (C=O) groups is 1. The number of likely N-dealkylation sites (N-methyl/N-ethyl adjacent to an activating group) is 1. The molecule has 1 aromatic heterocycles. The van der Waals surface area contributed by atoms with Gasteiger partial charge in [-0.05, 0) is 79.8 Å². The Hall–Kier alpha value is -1.32. The first kappa shape index (κ1) is 21.9. The third-order valence-corrected chi connectivity index (χ3v) is 7.44. The van der Waals surface area contributed by atoms with E-state index in [4.69, 9.17) is 4.42 Å². The molecule has 0 saturated heterocycles. The van der Waals surface area contributed by atoms with Gasteiger partial charge in [0.1, 0.15) is 5.76 Å². The molecule has 2 heterocycles. The van der Waals surface area contributed by atoms with Crippen LogP contribution < -0.4 is 10.0 Å². The Labute approximate surface area is 198 Å². The van der Waals surface area contributed by atoms with Crippen LogP contribution in [0, 0.1) is 0 Å². The fraction of sp³-hybridized carbons (Fsp3) is 0.476. The van der Waals surface area contributed by atoms with Gasteiger partial charge in [-0.25, -0.2) is 9.52 Å². The molecule has 5 rings (SSSR count). The summed E-state index contributed by atoms with van der Waals surface area (Å²) in [5, 5.41) is 2.66. The molecule has 3 aliphatic rings. The van der Waals surface area contributed by atoms with Crippen molar-refractivity contribution < 1.29 is 17.6 Å². The van der Waals surface area contributed by atoms with Crippen LogP contribution in [0.2, 0.25) is 0 Å². The normalized spacial score (nSPS) is 17.6. The fourth-order valence-corrected chi connectivity index (χ4v) is 5.73. The second kappa shape index (κ2) is 8.31. The zero-order chi connectivity index (χ0) is 20.2. The van der Waals surface area contributed by atoms with E-state index in [9.17, 15) is 13.2 Å². The van der Waals surface area contributed by atoms with E-state index in [-0.39, 0.29) is 34.6 Å². The number of carbonyl (C=O) groups excluding carboxylic acids is 1. The molecule has 7 nitrogen and oxygen atoms in total. The summed E-state index contributed by atoms with van der Waals surface area (Å²) in [6.45, 7) is 1.42. The number of benzene rings is 1. The first-order valence-electron chi connectivity index (χ1n) is 10.2. The van der Waals surface area contributed by atoms with Crippen LogP contribution in [0.15, 0.2) is 21.6 Å². The zero-order valence-corrected chi connectivity index (χ0v) is 17.3. The Morgan fingerprint density at radius 3 is 2.33 bits per heavy atom. The van der Waals surface area contributed by atoms with Gasteiger partial charge in [0.25, 0.3) is 10.0 Å². The molecule has 30 heavy (non-hydrogen) atoms. The molecule has 9 heteroatoms. The third kappa shape index (κ3) is 3.96. The van der Waals surface area contributed by atoms with Crippen molar-refractivity contribution in [1.82, 2.24) is 9.62 Å². The predicted octanol–water partition coefficient (Wildman–Crippen LogP) is 2.11. The molecule has 0 radical (unpaired) electrons. The number of urea groups is 1. The molecule has 0 bridgehead atoms. The minimum atomic E-state index is -4.07. The number of amides is 2. The van der Waals surface area contributed by atoms with E-state index in [1.807, 2.05) is 7.05 Å². The van der Waals surface area contributed by atoms with Crippen molar-refractivity contribution in [2.24, 2.45) is 0 Å². The molecule has 0 fully saturated rings. The van der Waals surface area contributed by atoms with Crippen LogP contribution in [-0.2, 0) is 48.7 Å². The van der Waals surface area contributed by atoms with Gasteiger partial charge < -0.3 is 9.73 Å². The second-order valence-electron chi connectivity index (χ2n) is 8.30. The van der Waals surface area contributed by atoms with E-state index in [0.29, 0.717) is 12.3 Å². The van der Waals surface area contributed by atoms with Crippen LogP contribution in [-0.4, -0.2) is 62.5 Å². The van der Waals surface area contributed by atoms with Crippen molar-refractivity contribution in [3.8, 4) is 0 Å². The first-order valence-corrected chi connectivity index (χ1v) is 11.7. The molecule has 2 amide bonds. The molecule has 0 unspecified atom stereocenters. The molecule has 2 aliphatic carbocycles. The number of rotatable bonds is 3. The Bertz CT molecular complexity index is 1080. The number of hydrogen-bond acceptors (Lipinski definition) is 5. The molecular weight excluding hydrogens is 413 g/mol. The molecule has 0 saturated carbocycles. The molecule has 1 aromatic carbocycles. The van der Waals surface area contributed by atoms with E-state index in [1.165, 1.54) is 17.2 Å². The average molecular weight is 440 g/mol. The van der Waals surface area contributed by atoms with Crippen LogP contribution in [0.25, 0.3) is 0 Å². The number of furan rings is 1. The van der Waals surface area contributed by atoms with Crippen molar-refractivity contribution in [1.29, 1.82) is 0 Å². The number of fused-ring (bicyclic) bond motifs is 3. The van der Waals surface area contributed by atoms with Gasteiger partial charge in [0.05, 0.1) is 6.54 Å². The van der Waals surface area contributed by atoms with Crippen molar-refractivity contribution in [3.63, 3.8) is 0 Å². The maximum absolute atomic E-state index is 12.7. The van der Waals surface area contributed by atoms with Gasteiger partial charge in [0.2, 0.25) is 5.09 Å². The monoisotopic (exact) mass is 439 g/mol. The molecular formula is C21H26N3NaO4S. The number of nitrogens with zero attached hydrogens (tertiary/aromatic N) is 1. The summed E-state index contributed by atoms with van der Waals surface area (Å²) in [6, 6.07) is 3.08. The first-order chi connectivity index (χ1) is 13.9. The van der Waals surface area contributed by atoms with Crippen LogP contribution in [0.4, 0.5) is 10.5 Å². The summed E-state index contributed by atoms with van der Waals surface area (Å²) in [7, 11) is -2.11. The Kier molecular flexibility index (Phi) is 6.07. The van der Waals surface area contributed by atoms with Crippen molar-refractivity contribution in [3.05, 3.63) is 45.7 Å².